The summed E-state index contributed by atoms with van der Waals surface area (Å²) in [7, 11) is 0. The Morgan fingerprint density at radius 1 is 1.02 bits per heavy atom. The van der Waals surface area contributed by atoms with Crippen molar-refractivity contribution in [3.63, 3.8) is 0 Å². The monoisotopic (exact) mass is 584 g/mol. The van der Waals surface area contributed by atoms with Gasteiger partial charge in [0.15, 0.2) is 0 Å². The van der Waals surface area contributed by atoms with Gasteiger partial charge < -0.3 is 19.7 Å². The Morgan fingerprint density at radius 3 is 2.57 bits per heavy atom. The summed E-state index contributed by atoms with van der Waals surface area (Å²) in [5, 5.41) is 13.3. The molecule has 1 saturated heterocycles. The van der Waals surface area contributed by atoms with E-state index in [-0.39, 0.29) is 12.2 Å². The van der Waals surface area contributed by atoms with Crippen LogP contribution in [0.3, 0.4) is 0 Å². The maximum absolute atomic E-state index is 12.3. The molecule has 1 N–H and O–H groups in total. The molecule has 9 nitrogen and oxygen atoms in total. The molecule has 0 unspecified atom stereocenters. The molecular weight excluding hydrogens is 552 g/mol. The number of hydrogen-bond acceptors (Lipinski definition) is 7. The highest BCUT2D eigenvalue weighted by atomic mass is 35.5. The van der Waals surface area contributed by atoms with Crippen LogP contribution in [0.15, 0.2) is 73.1 Å². The second-order valence-electron chi connectivity index (χ2n) is 11.5. The van der Waals surface area contributed by atoms with Crippen molar-refractivity contribution < 1.29 is 14.3 Å². The fourth-order valence-corrected chi connectivity index (χ4v) is 5.30. The maximum atomic E-state index is 12.3. The zero-order valence-corrected chi connectivity index (χ0v) is 24.6. The molecule has 1 fully saturated rings. The Morgan fingerprint density at radius 2 is 1.81 bits per heavy atom. The van der Waals surface area contributed by atoms with E-state index in [9.17, 15) is 4.79 Å². The second kappa shape index (κ2) is 11.5. The summed E-state index contributed by atoms with van der Waals surface area (Å²) in [5.74, 6) is 1.36. The van der Waals surface area contributed by atoms with Crippen LogP contribution >= 0.6 is 11.6 Å². The predicted molar refractivity (Wildman–Crippen MR) is 164 cm³/mol. The fourth-order valence-electron chi connectivity index (χ4n) is 5.13. The molecule has 3 heterocycles. The van der Waals surface area contributed by atoms with Crippen molar-refractivity contribution in [3.8, 4) is 16.9 Å². The summed E-state index contributed by atoms with van der Waals surface area (Å²) >= 11 is 6.26. The van der Waals surface area contributed by atoms with E-state index in [1.54, 1.807) is 11.2 Å². The third-order valence-electron chi connectivity index (χ3n) is 7.20. The summed E-state index contributed by atoms with van der Waals surface area (Å²) in [6, 6.07) is 22.2. The number of anilines is 1. The van der Waals surface area contributed by atoms with Crippen molar-refractivity contribution in [2.75, 3.05) is 18.4 Å². The number of likely N-dealkylation sites (tertiary alicyclic amines) is 1. The minimum atomic E-state index is -0.489. The molecular formula is C32H33ClN6O3. The quantitative estimate of drug-likeness (QED) is 0.230. The van der Waals surface area contributed by atoms with Crippen molar-refractivity contribution in [1.82, 2.24) is 24.5 Å². The van der Waals surface area contributed by atoms with Crippen LogP contribution in [-0.2, 0) is 11.3 Å². The third-order valence-corrected chi connectivity index (χ3v) is 7.44. The van der Waals surface area contributed by atoms with Crippen molar-refractivity contribution in [2.24, 2.45) is 0 Å². The maximum Gasteiger partial charge on any atom is 0.410 e. The Kier molecular flexibility index (Phi) is 7.60. The molecule has 3 aromatic carbocycles. The SMILES string of the molecule is CC(C)(C)OC(=O)N1CCC(Oc2ccc(-c3cccc(NCc4nc5nncn5c5cc(Cl)ccc45)c3)cc2)CC1. The molecule has 0 atom stereocenters. The summed E-state index contributed by atoms with van der Waals surface area (Å²) in [6.45, 7) is 7.43. The lowest BCUT2D eigenvalue weighted by atomic mass is 10.0. The Balaban J connectivity index is 1.08. The van der Waals surface area contributed by atoms with Gasteiger partial charge in [-0.3, -0.25) is 4.40 Å². The van der Waals surface area contributed by atoms with Crippen LogP contribution in [0.4, 0.5) is 10.5 Å². The number of piperidine rings is 1. The van der Waals surface area contributed by atoms with Crippen LogP contribution in [0.2, 0.25) is 5.02 Å². The molecule has 10 heteroatoms. The first-order chi connectivity index (χ1) is 20.2. The van der Waals surface area contributed by atoms with Gasteiger partial charge >= 0.3 is 6.09 Å². The highest BCUT2D eigenvalue weighted by Gasteiger charge is 2.27. The van der Waals surface area contributed by atoms with Crippen LogP contribution in [-0.4, -0.2) is 55.4 Å². The van der Waals surface area contributed by atoms with Crippen molar-refractivity contribution in [3.05, 3.63) is 83.8 Å². The third kappa shape index (κ3) is 6.26. The van der Waals surface area contributed by atoms with Gasteiger partial charge in [0.1, 0.15) is 23.8 Å². The van der Waals surface area contributed by atoms with Gasteiger partial charge in [0.2, 0.25) is 0 Å². The average molecular weight is 585 g/mol. The number of halogens is 1. The number of carbonyl (C=O) groups is 1. The zero-order chi connectivity index (χ0) is 29.3. The average Bonchev–Trinajstić information content (AvgIpc) is 3.45. The minimum absolute atomic E-state index is 0.0692. The molecule has 1 aliphatic heterocycles. The second-order valence-corrected chi connectivity index (χ2v) is 11.9. The number of aromatic nitrogens is 4. The van der Waals surface area contributed by atoms with E-state index < -0.39 is 5.60 Å². The molecule has 0 spiro atoms. The predicted octanol–water partition coefficient (Wildman–Crippen LogP) is 6.99. The van der Waals surface area contributed by atoms with Gasteiger partial charge in [0.25, 0.3) is 5.78 Å². The van der Waals surface area contributed by atoms with E-state index in [1.165, 1.54) is 0 Å². The number of benzene rings is 3. The molecule has 0 bridgehead atoms. The smallest absolute Gasteiger partial charge is 0.410 e. The number of hydrogen-bond donors (Lipinski definition) is 1. The van der Waals surface area contributed by atoms with Crippen LogP contribution in [0, 0.1) is 0 Å². The zero-order valence-electron chi connectivity index (χ0n) is 23.9. The van der Waals surface area contributed by atoms with Gasteiger partial charge in [-0.2, -0.15) is 0 Å². The first kappa shape index (κ1) is 27.8. The number of amides is 1. The molecule has 216 valence electrons. The normalized spacial score (nSPS) is 14.3. The molecule has 1 amide bonds. The van der Waals surface area contributed by atoms with Gasteiger partial charge in [0.05, 0.1) is 17.8 Å². The fraction of sp³-hybridized carbons (Fsp3) is 0.312. The standard InChI is InChI=1S/C32H33ClN6O3/c1-32(2,3)42-31(40)38-15-13-26(14-16-38)41-25-10-7-21(8-11-25)22-5-4-6-24(17-22)34-19-28-27-12-9-23(33)18-29(27)39-20-35-37-30(39)36-28/h4-12,17-18,20,26,34H,13-16,19H2,1-3H3. The summed E-state index contributed by atoms with van der Waals surface area (Å²) < 4.78 is 13.6. The van der Waals surface area contributed by atoms with Gasteiger partial charge in [0, 0.05) is 42.0 Å². The van der Waals surface area contributed by atoms with Gasteiger partial charge in [-0.05, 0) is 74.4 Å². The van der Waals surface area contributed by atoms with Crippen molar-refractivity contribution >= 4 is 40.1 Å². The number of fused-ring (bicyclic) bond motifs is 3. The molecule has 42 heavy (non-hydrogen) atoms. The van der Waals surface area contributed by atoms with E-state index in [4.69, 9.17) is 26.1 Å². The van der Waals surface area contributed by atoms with Crippen molar-refractivity contribution in [2.45, 2.75) is 51.9 Å². The van der Waals surface area contributed by atoms with E-state index in [0.717, 1.165) is 52.0 Å². The van der Waals surface area contributed by atoms with E-state index in [0.29, 0.717) is 30.4 Å². The number of rotatable bonds is 6. The Hall–Kier alpha value is -4.37. The van der Waals surface area contributed by atoms with E-state index in [1.807, 2.05) is 67.6 Å². The van der Waals surface area contributed by atoms with Gasteiger partial charge in [-0.1, -0.05) is 35.9 Å². The lowest BCUT2D eigenvalue weighted by molar-refractivity contribution is 0.0126. The lowest BCUT2D eigenvalue weighted by Gasteiger charge is -2.33. The molecule has 0 aliphatic carbocycles. The first-order valence-corrected chi connectivity index (χ1v) is 14.5. The van der Waals surface area contributed by atoms with Crippen molar-refractivity contribution in [1.29, 1.82) is 0 Å². The van der Waals surface area contributed by atoms with E-state index >= 15 is 0 Å². The molecule has 6 rings (SSSR count). The van der Waals surface area contributed by atoms with Crippen LogP contribution in [0.25, 0.3) is 27.8 Å². The summed E-state index contributed by atoms with van der Waals surface area (Å²) in [4.78, 5) is 18.8. The highest BCUT2D eigenvalue weighted by Crippen LogP contribution is 2.28. The number of nitrogens with zero attached hydrogens (tertiary/aromatic N) is 5. The number of carbonyl (C=O) groups excluding carboxylic acids is 1. The first-order valence-electron chi connectivity index (χ1n) is 14.1. The largest absolute Gasteiger partial charge is 0.490 e. The molecule has 0 saturated carbocycles. The molecule has 0 radical (unpaired) electrons. The topological polar surface area (TPSA) is 93.9 Å². The number of nitrogens with one attached hydrogen (secondary N) is 1. The summed E-state index contributed by atoms with van der Waals surface area (Å²) in [5.41, 5.74) is 4.46. The van der Waals surface area contributed by atoms with Crippen LogP contribution < -0.4 is 10.1 Å². The highest BCUT2D eigenvalue weighted by molar-refractivity contribution is 6.31. The Labute approximate surface area is 249 Å². The molecule has 1 aliphatic rings. The molecule has 2 aromatic heterocycles. The number of ether oxygens (including phenoxy) is 2. The minimum Gasteiger partial charge on any atom is -0.490 e. The lowest BCUT2D eigenvalue weighted by Crippen LogP contribution is -2.44. The van der Waals surface area contributed by atoms with E-state index in [2.05, 4.69) is 39.8 Å². The summed E-state index contributed by atoms with van der Waals surface area (Å²) in [6.07, 6.45) is 3.01. The molecule has 5 aromatic rings. The van der Waals surface area contributed by atoms with Crippen LogP contribution in [0.5, 0.6) is 5.75 Å². The van der Waals surface area contributed by atoms with Gasteiger partial charge in [-0.25, -0.2) is 9.78 Å². The van der Waals surface area contributed by atoms with Crippen LogP contribution in [0.1, 0.15) is 39.3 Å². The van der Waals surface area contributed by atoms with Gasteiger partial charge in [-0.15, -0.1) is 10.2 Å². The Bertz CT molecular complexity index is 1720.